The molecule has 3 aromatic carbocycles. The van der Waals surface area contributed by atoms with Gasteiger partial charge in [0.25, 0.3) is 0 Å². The summed E-state index contributed by atoms with van der Waals surface area (Å²) in [6.45, 7) is 4.79. The summed E-state index contributed by atoms with van der Waals surface area (Å²) in [6.07, 6.45) is 0.766. The number of hydrogen-bond donors (Lipinski definition) is 2. The predicted molar refractivity (Wildman–Crippen MR) is 137 cm³/mol. The second-order valence-corrected chi connectivity index (χ2v) is 8.68. The molecule has 6 heteroatoms. The fourth-order valence-electron chi connectivity index (χ4n) is 4.15. The maximum Gasteiger partial charge on any atom is 0.246 e. The van der Waals surface area contributed by atoms with Crippen LogP contribution in [0.1, 0.15) is 22.7 Å². The van der Waals surface area contributed by atoms with Crippen LogP contribution >= 0.6 is 0 Å². The molecule has 0 radical (unpaired) electrons. The van der Waals surface area contributed by atoms with E-state index in [2.05, 4.69) is 45.7 Å². The summed E-state index contributed by atoms with van der Waals surface area (Å²) in [5.41, 5.74) is 4.67. The normalized spacial score (nSPS) is 14.9. The molecule has 0 bridgehead atoms. The Hall–Kier alpha value is -3.66. The smallest absolute Gasteiger partial charge is 0.246 e. The van der Waals surface area contributed by atoms with Gasteiger partial charge in [-0.2, -0.15) is 5.26 Å². The summed E-state index contributed by atoms with van der Waals surface area (Å²) in [5.74, 6) is -0.0848. The van der Waals surface area contributed by atoms with Gasteiger partial charge in [-0.15, -0.1) is 0 Å². The minimum Gasteiger partial charge on any atom is -0.369 e. The molecule has 1 aliphatic heterocycles. The highest BCUT2D eigenvalue weighted by Crippen LogP contribution is 2.21. The van der Waals surface area contributed by atoms with E-state index in [1.165, 1.54) is 5.69 Å². The van der Waals surface area contributed by atoms with Crippen molar-refractivity contribution in [1.82, 2.24) is 10.2 Å². The van der Waals surface area contributed by atoms with Crippen LogP contribution in [0.2, 0.25) is 0 Å². The molecule has 174 valence electrons. The summed E-state index contributed by atoms with van der Waals surface area (Å²) < 4.78 is 0. The van der Waals surface area contributed by atoms with Crippen LogP contribution in [-0.4, -0.2) is 50.6 Å². The SMILES string of the molecule is CN1CCN(c2ccc(NC(=O)[C@H](NCCc3ccc(C#N)cc3)c3ccccc3)cc2)CC1. The van der Waals surface area contributed by atoms with Gasteiger partial charge in [0.2, 0.25) is 5.91 Å². The molecular weight excluding hydrogens is 422 g/mol. The molecule has 1 aliphatic rings. The second-order valence-electron chi connectivity index (χ2n) is 8.68. The molecule has 0 aromatic heterocycles. The maximum atomic E-state index is 13.2. The number of rotatable bonds is 8. The zero-order chi connectivity index (χ0) is 23.8. The van der Waals surface area contributed by atoms with Crippen LogP contribution in [0.3, 0.4) is 0 Å². The Bertz CT molecular complexity index is 1100. The van der Waals surface area contributed by atoms with E-state index in [0.717, 1.165) is 49.4 Å². The van der Waals surface area contributed by atoms with Gasteiger partial charge in [-0.25, -0.2) is 0 Å². The fourth-order valence-corrected chi connectivity index (χ4v) is 4.15. The Labute approximate surface area is 201 Å². The second kappa shape index (κ2) is 11.5. The van der Waals surface area contributed by atoms with Crippen molar-refractivity contribution in [3.63, 3.8) is 0 Å². The molecule has 4 rings (SSSR count). The Balaban J connectivity index is 1.38. The highest BCUT2D eigenvalue weighted by molar-refractivity contribution is 5.95. The molecule has 0 aliphatic carbocycles. The van der Waals surface area contributed by atoms with Crippen molar-refractivity contribution in [3.05, 3.63) is 95.6 Å². The van der Waals surface area contributed by atoms with Crippen LogP contribution in [0.15, 0.2) is 78.9 Å². The van der Waals surface area contributed by atoms with Crippen molar-refractivity contribution in [2.24, 2.45) is 0 Å². The number of carbonyl (C=O) groups is 1. The van der Waals surface area contributed by atoms with E-state index < -0.39 is 6.04 Å². The lowest BCUT2D eigenvalue weighted by molar-refractivity contribution is -0.118. The first kappa shape index (κ1) is 23.5. The average molecular weight is 454 g/mol. The Morgan fingerprint density at radius 2 is 1.62 bits per heavy atom. The third-order valence-electron chi connectivity index (χ3n) is 6.24. The number of nitrogens with one attached hydrogen (secondary N) is 2. The molecule has 0 saturated carbocycles. The molecule has 1 fully saturated rings. The number of nitrogens with zero attached hydrogens (tertiary/aromatic N) is 3. The first-order chi connectivity index (χ1) is 16.6. The lowest BCUT2D eigenvalue weighted by Gasteiger charge is -2.34. The highest BCUT2D eigenvalue weighted by atomic mass is 16.2. The van der Waals surface area contributed by atoms with Crippen LogP contribution in [0.25, 0.3) is 0 Å². The monoisotopic (exact) mass is 453 g/mol. The van der Waals surface area contributed by atoms with E-state index >= 15 is 0 Å². The first-order valence-corrected chi connectivity index (χ1v) is 11.7. The molecule has 1 heterocycles. The summed E-state index contributed by atoms with van der Waals surface area (Å²) in [5, 5.41) is 15.5. The molecule has 0 unspecified atom stereocenters. The predicted octanol–water partition coefficient (Wildman–Crippen LogP) is 3.82. The Morgan fingerprint density at radius 3 is 2.26 bits per heavy atom. The van der Waals surface area contributed by atoms with Gasteiger partial charge in [0.15, 0.2) is 0 Å². The summed E-state index contributed by atoms with van der Waals surface area (Å²) in [6, 6.07) is 27.1. The zero-order valence-corrected chi connectivity index (χ0v) is 19.6. The van der Waals surface area contributed by atoms with Crippen LogP contribution < -0.4 is 15.5 Å². The Kier molecular flexibility index (Phi) is 7.92. The fraction of sp³-hybridized carbons (Fsp3) is 0.286. The zero-order valence-electron chi connectivity index (χ0n) is 19.6. The molecule has 2 N–H and O–H groups in total. The van der Waals surface area contributed by atoms with Gasteiger partial charge < -0.3 is 20.4 Å². The Morgan fingerprint density at radius 1 is 0.941 bits per heavy atom. The van der Waals surface area contributed by atoms with E-state index in [1.807, 2.05) is 66.7 Å². The minimum absolute atomic E-state index is 0.0848. The third kappa shape index (κ3) is 6.22. The lowest BCUT2D eigenvalue weighted by Crippen LogP contribution is -2.44. The third-order valence-corrected chi connectivity index (χ3v) is 6.24. The standard InChI is InChI=1S/C28H31N5O/c1-32-17-19-33(20-18-32)26-13-11-25(12-14-26)31-28(34)27(24-5-3-2-4-6-24)30-16-15-22-7-9-23(21-29)10-8-22/h2-14,27,30H,15-20H2,1H3,(H,31,34)/t27-/m1/s1. The molecule has 1 atom stereocenters. The minimum atomic E-state index is -0.461. The van der Waals surface area contributed by atoms with E-state index in [0.29, 0.717) is 12.1 Å². The van der Waals surface area contributed by atoms with Gasteiger partial charge in [0.05, 0.1) is 11.6 Å². The molecule has 3 aromatic rings. The number of likely N-dealkylation sites (N-methyl/N-ethyl adjacent to an activating group) is 1. The van der Waals surface area contributed by atoms with E-state index in [-0.39, 0.29) is 5.91 Å². The average Bonchev–Trinajstić information content (AvgIpc) is 2.88. The van der Waals surface area contributed by atoms with Crippen molar-refractivity contribution < 1.29 is 4.79 Å². The maximum absolute atomic E-state index is 13.2. The highest BCUT2D eigenvalue weighted by Gasteiger charge is 2.20. The van der Waals surface area contributed by atoms with Gasteiger partial charge in [0, 0.05) is 44.1 Å². The van der Waals surface area contributed by atoms with Crippen LogP contribution in [0.5, 0.6) is 0 Å². The van der Waals surface area contributed by atoms with Crippen LogP contribution in [0.4, 0.5) is 11.4 Å². The lowest BCUT2D eigenvalue weighted by atomic mass is 10.0. The topological polar surface area (TPSA) is 71.4 Å². The van der Waals surface area contributed by atoms with E-state index in [4.69, 9.17) is 5.26 Å². The molecule has 1 amide bonds. The van der Waals surface area contributed by atoms with Gasteiger partial charge in [0.1, 0.15) is 6.04 Å². The van der Waals surface area contributed by atoms with Crippen molar-refractivity contribution in [1.29, 1.82) is 5.26 Å². The number of hydrogen-bond acceptors (Lipinski definition) is 5. The summed E-state index contributed by atoms with van der Waals surface area (Å²) in [7, 11) is 2.15. The first-order valence-electron chi connectivity index (χ1n) is 11.7. The quantitative estimate of drug-likeness (QED) is 0.543. The molecule has 34 heavy (non-hydrogen) atoms. The molecule has 1 saturated heterocycles. The van der Waals surface area contributed by atoms with Gasteiger partial charge in [-0.1, -0.05) is 42.5 Å². The van der Waals surface area contributed by atoms with E-state index in [9.17, 15) is 4.79 Å². The van der Waals surface area contributed by atoms with Crippen LogP contribution in [-0.2, 0) is 11.2 Å². The summed E-state index contributed by atoms with van der Waals surface area (Å²) in [4.78, 5) is 18.0. The number of benzene rings is 3. The van der Waals surface area contributed by atoms with Gasteiger partial charge >= 0.3 is 0 Å². The van der Waals surface area contributed by atoms with Gasteiger partial charge in [-0.3, -0.25) is 4.79 Å². The van der Waals surface area contributed by atoms with Crippen LogP contribution in [0, 0.1) is 11.3 Å². The number of anilines is 2. The number of piperazine rings is 1. The summed E-state index contributed by atoms with van der Waals surface area (Å²) >= 11 is 0. The van der Waals surface area contributed by atoms with E-state index in [1.54, 1.807) is 0 Å². The number of amides is 1. The number of carbonyl (C=O) groups excluding carboxylic acids is 1. The van der Waals surface area contributed by atoms with Gasteiger partial charge in [-0.05, 0) is 61.0 Å². The number of nitriles is 1. The largest absolute Gasteiger partial charge is 0.369 e. The van der Waals surface area contributed by atoms with Crippen molar-refractivity contribution in [2.45, 2.75) is 12.5 Å². The molecular formula is C28H31N5O. The van der Waals surface area contributed by atoms with Crippen molar-refractivity contribution >= 4 is 17.3 Å². The molecule has 0 spiro atoms. The van der Waals surface area contributed by atoms with Crippen molar-refractivity contribution in [2.75, 3.05) is 50.0 Å². The van der Waals surface area contributed by atoms with Crippen molar-refractivity contribution in [3.8, 4) is 6.07 Å². The molecule has 6 nitrogen and oxygen atoms in total.